The Morgan fingerprint density at radius 3 is 2.42 bits per heavy atom. The van der Waals surface area contributed by atoms with E-state index in [4.69, 9.17) is 0 Å². The van der Waals surface area contributed by atoms with Gasteiger partial charge in [-0.1, -0.05) is 12.1 Å². The minimum Gasteiger partial charge on any atom is -0.385 e. The first-order valence-electron chi connectivity index (χ1n) is 13.1. The number of hydrogen-bond acceptors (Lipinski definition) is 5. The van der Waals surface area contributed by atoms with Crippen molar-refractivity contribution in [2.24, 2.45) is 0 Å². The van der Waals surface area contributed by atoms with Crippen LogP contribution in [-0.2, 0) is 16.6 Å². The van der Waals surface area contributed by atoms with Crippen LogP contribution < -0.4 is 16.0 Å². The molecule has 2 fully saturated rings. The number of nitrogens with one attached hydrogen (secondary N) is 3. The average Bonchev–Trinajstić information content (AvgIpc) is 3.39. The van der Waals surface area contributed by atoms with Crippen LogP contribution in [0.4, 0.5) is 17.6 Å². The van der Waals surface area contributed by atoms with Gasteiger partial charge in [-0.2, -0.15) is 13.2 Å². The van der Waals surface area contributed by atoms with E-state index in [9.17, 15) is 37.1 Å². The summed E-state index contributed by atoms with van der Waals surface area (Å²) in [6.07, 6.45) is -1.69. The van der Waals surface area contributed by atoms with E-state index in [0.717, 1.165) is 24.7 Å². The number of aliphatic hydroxyl groups is 1. The molecule has 1 saturated heterocycles. The van der Waals surface area contributed by atoms with Crippen LogP contribution in [0.3, 0.4) is 0 Å². The molecule has 216 valence electrons. The van der Waals surface area contributed by atoms with Crippen LogP contribution in [0.15, 0.2) is 42.5 Å². The summed E-state index contributed by atoms with van der Waals surface area (Å²) in [6.45, 7) is 0.962. The van der Waals surface area contributed by atoms with Crippen molar-refractivity contribution in [2.45, 2.75) is 56.0 Å². The number of nitrogens with zero attached hydrogens (tertiary/aromatic N) is 1. The van der Waals surface area contributed by atoms with Crippen molar-refractivity contribution in [3.8, 4) is 0 Å². The van der Waals surface area contributed by atoms with E-state index in [1.54, 1.807) is 6.07 Å². The zero-order valence-corrected chi connectivity index (χ0v) is 22.0. The predicted octanol–water partition coefficient (Wildman–Crippen LogP) is 2.95. The molecule has 3 amide bonds. The van der Waals surface area contributed by atoms with Gasteiger partial charge in [0.2, 0.25) is 5.91 Å². The summed E-state index contributed by atoms with van der Waals surface area (Å²) in [7, 11) is 1.42. The van der Waals surface area contributed by atoms with E-state index in [-0.39, 0.29) is 29.8 Å². The Morgan fingerprint density at radius 2 is 1.77 bits per heavy atom. The fourth-order valence-corrected chi connectivity index (χ4v) is 5.47. The summed E-state index contributed by atoms with van der Waals surface area (Å²) in [5.41, 5.74) is -1.96. The van der Waals surface area contributed by atoms with E-state index >= 15 is 0 Å². The predicted molar refractivity (Wildman–Crippen MR) is 138 cm³/mol. The van der Waals surface area contributed by atoms with Crippen LogP contribution >= 0.6 is 0 Å². The third-order valence-electron chi connectivity index (χ3n) is 7.72. The van der Waals surface area contributed by atoms with Crippen LogP contribution in [0.1, 0.15) is 63.9 Å². The maximum absolute atomic E-state index is 14.4. The third kappa shape index (κ3) is 6.79. The Morgan fingerprint density at radius 1 is 1.05 bits per heavy atom. The molecule has 2 aromatic rings. The fraction of sp³-hybridized carbons (Fsp3) is 0.464. The minimum atomic E-state index is -4.57. The highest BCUT2D eigenvalue weighted by Crippen LogP contribution is 2.39. The molecule has 1 aliphatic heterocycles. The number of rotatable bonds is 7. The molecular formula is C28H32F4N4O4. The summed E-state index contributed by atoms with van der Waals surface area (Å²) in [5.74, 6) is -2.43. The monoisotopic (exact) mass is 564 g/mol. The van der Waals surface area contributed by atoms with Gasteiger partial charge in [-0.3, -0.25) is 19.3 Å². The van der Waals surface area contributed by atoms with Gasteiger partial charge < -0.3 is 21.1 Å². The topological polar surface area (TPSA) is 111 Å². The van der Waals surface area contributed by atoms with E-state index in [2.05, 4.69) is 20.9 Å². The summed E-state index contributed by atoms with van der Waals surface area (Å²) in [6, 6.07) is 8.21. The molecule has 4 rings (SSSR count). The van der Waals surface area contributed by atoms with Crippen molar-refractivity contribution in [1.82, 2.24) is 20.9 Å². The fourth-order valence-electron chi connectivity index (χ4n) is 5.47. The molecule has 0 radical (unpaired) electrons. The second-order valence-corrected chi connectivity index (χ2v) is 10.3. The van der Waals surface area contributed by atoms with Gasteiger partial charge >= 0.3 is 6.18 Å². The van der Waals surface area contributed by atoms with Crippen molar-refractivity contribution in [2.75, 3.05) is 26.7 Å². The van der Waals surface area contributed by atoms with E-state index in [1.807, 2.05) is 0 Å². The zero-order valence-electron chi connectivity index (χ0n) is 22.0. The van der Waals surface area contributed by atoms with Gasteiger partial charge in [0.1, 0.15) is 5.82 Å². The van der Waals surface area contributed by atoms with Crippen LogP contribution in [0.2, 0.25) is 0 Å². The number of benzene rings is 2. The molecule has 40 heavy (non-hydrogen) atoms. The van der Waals surface area contributed by atoms with Gasteiger partial charge in [0, 0.05) is 37.8 Å². The summed E-state index contributed by atoms with van der Waals surface area (Å²) in [4.78, 5) is 38.6. The number of likely N-dealkylation sites (tertiary alicyclic amines) is 1. The molecule has 1 atom stereocenters. The summed E-state index contributed by atoms with van der Waals surface area (Å²) < 4.78 is 53.1. The molecule has 0 bridgehead atoms. The number of carbonyl (C=O) groups is 3. The number of alkyl halides is 3. The first-order valence-corrected chi connectivity index (χ1v) is 13.1. The molecule has 0 spiro atoms. The van der Waals surface area contributed by atoms with E-state index in [1.165, 1.54) is 25.2 Å². The lowest BCUT2D eigenvalue weighted by Gasteiger charge is -2.40. The first kappa shape index (κ1) is 29.5. The second kappa shape index (κ2) is 11.9. The maximum atomic E-state index is 14.4. The second-order valence-electron chi connectivity index (χ2n) is 10.3. The standard InChI is InChI=1S/C28H32F4N4O4/c1-33-26(39)22-6-5-18(14-23(22)29)27(40)10-7-21(8-11-27)36-12-9-20(16-36)35-24(37)15-34-25(38)17-3-2-4-19(13-17)28(30,31)32/h2-6,13-14,20-21,40H,7-12,15-16H2,1H3,(H,33,39)(H,34,38)(H,35,37)/t20-,21?,27?/m1/s1. The molecule has 1 saturated carbocycles. The first-order chi connectivity index (χ1) is 18.9. The van der Waals surface area contributed by atoms with Crippen molar-refractivity contribution >= 4 is 17.7 Å². The molecule has 8 nitrogen and oxygen atoms in total. The Bertz CT molecular complexity index is 1260. The van der Waals surface area contributed by atoms with Gasteiger partial charge in [0.15, 0.2) is 0 Å². The highest BCUT2D eigenvalue weighted by molar-refractivity contribution is 5.96. The lowest BCUT2D eigenvalue weighted by molar-refractivity contribution is -0.137. The number of halogens is 4. The van der Waals surface area contributed by atoms with Crippen molar-refractivity contribution in [3.63, 3.8) is 0 Å². The molecular weight excluding hydrogens is 532 g/mol. The minimum absolute atomic E-state index is 0.0797. The van der Waals surface area contributed by atoms with Crippen molar-refractivity contribution in [3.05, 3.63) is 70.5 Å². The van der Waals surface area contributed by atoms with Crippen LogP contribution in [0.25, 0.3) is 0 Å². The summed E-state index contributed by atoms with van der Waals surface area (Å²) >= 11 is 0. The van der Waals surface area contributed by atoms with Crippen molar-refractivity contribution in [1.29, 1.82) is 0 Å². The highest BCUT2D eigenvalue weighted by Gasteiger charge is 2.39. The quantitative estimate of drug-likeness (QED) is 0.387. The Kier molecular flexibility index (Phi) is 8.79. The van der Waals surface area contributed by atoms with E-state index < -0.39 is 40.9 Å². The number of hydrogen-bond donors (Lipinski definition) is 4. The molecule has 0 aromatic heterocycles. The molecule has 2 aromatic carbocycles. The number of carbonyl (C=O) groups excluding carboxylic acids is 3. The molecule has 0 unspecified atom stereocenters. The molecule has 1 heterocycles. The Balaban J connectivity index is 1.23. The molecule has 1 aliphatic carbocycles. The van der Waals surface area contributed by atoms with Gasteiger partial charge in [-0.05, 0) is 68.0 Å². The lowest BCUT2D eigenvalue weighted by atomic mass is 9.77. The third-order valence-corrected chi connectivity index (χ3v) is 7.72. The molecule has 2 aliphatic rings. The zero-order chi connectivity index (χ0) is 29.1. The summed E-state index contributed by atoms with van der Waals surface area (Å²) in [5, 5.41) is 18.8. The molecule has 4 N–H and O–H groups in total. The van der Waals surface area contributed by atoms with Crippen LogP contribution in [-0.4, -0.2) is 66.5 Å². The SMILES string of the molecule is CNC(=O)c1ccc(C2(O)CCC(N3CC[C@@H](NC(=O)CNC(=O)c4cccc(C(F)(F)F)c4)C3)CC2)cc1F. The number of amides is 3. The van der Waals surface area contributed by atoms with Gasteiger partial charge in [0.05, 0.1) is 23.3 Å². The van der Waals surface area contributed by atoms with Gasteiger partial charge in [0.25, 0.3) is 11.8 Å². The normalized spacial score (nSPS) is 23.4. The Labute approximate surface area is 229 Å². The van der Waals surface area contributed by atoms with Crippen molar-refractivity contribution < 1.29 is 37.1 Å². The van der Waals surface area contributed by atoms with Gasteiger partial charge in [-0.15, -0.1) is 0 Å². The Hall–Kier alpha value is -3.51. The molecule has 12 heteroatoms. The maximum Gasteiger partial charge on any atom is 0.416 e. The lowest BCUT2D eigenvalue weighted by Crippen LogP contribution is -2.45. The van der Waals surface area contributed by atoms with Gasteiger partial charge in [-0.25, -0.2) is 4.39 Å². The largest absolute Gasteiger partial charge is 0.416 e. The average molecular weight is 565 g/mol. The smallest absolute Gasteiger partial charge is 0.385 e. The highest BCUT2D eigenvalue weighted by atomic mass is 19.4. The van der Waals surface area contributed by atoms with Crippen LogP contribution in [0, 0.1) is 5.82 Å². The van der Waals surface area contributed by atoms with E-state index in [0.29, 0.717) is 44.2 Å². The van der Waals surface area contributed by atoms with Crippen LogP contribution in [0.5, 0.6) is 0 Å².